The number of H-pyrrole nitrogens is 1. The Morgan fingerprint density at radius 3 is 2.54 bits per heavy atom. The van der Waals surface area contributed by atoms with Gasteiger partial charge in [-0.15, -0.1) is 0 Å². The van der Waals surface area contributed by atoms with E-state index in [0.29, 0.717) is 10.6 Å². The molecule has 2 N–H and O–H groups in total. The Balaban J connectivity index is 1.76. The second kappa shape index (κ2) is 7.32. The maximum atomic E-state index is 12.4. The molecular weight excluding hydrogens is 322 g/mol. The van der Waals surface area contributed by atoms with Crippen molar-refractivity contribution in [3.8, 4) is 11.3 Å². The largest absolute Gasteiger partial charge is 0.342 e. The zero-order chi connectivity index (χ0) is 16.9. The van der Waals surface area contributed by atoms with Crippen LogP contribution in [0.4, 0.5) is 0 Å². The van der Waals surface area contributed by atoms with Crippen LogP contribution in [-0.4, -0.2) is 15.9 Å². The van der Waals surface area contributed by atoms with Gasteiger partial charge in [0, 0.05) is 10.6 Å². The Hall–Kier alpha value is -2.59. The van der Waals surface area contributed by atoms with Gasteiger partial charge in [0.2, 0.25) is 0 Å². The summed E-state index contributed by atoms with van der Waals surface area (Å²) in [6.07, 6.45) is 2.53. The third-order valence-electron chi connectivity index (χ3n) is 3.83. The first-order valence-electron chi connectivity index (χ1n) is 7.84. The van der Waals surface area contributed by atoms with Gasteiger partial charge in [-0.25, -0.2) is 4.98 Å². The first-order chi connectivity index (χ1) is 11.7. The van der Waals surface area contributed by atoms with Crippen molar-refractivity contribution in [2.24, 2.45) is 0 Å². The standard InChI is InChI=1S/C19H18ClN3O/c1-2-16(23-19(24)14-8-10-15(20)11-9-14)18-21-12-17(22-18)13-6-4-3-5-7-13/h3-12,16H,2H2,1H3,(H,21,22)(H,23,24). The number of hydrogen-bond donors (Lipinski definition) is 2. The second-order valence-electron chi connectivity index (χ2n) is 5.49. The summed E-state index contributed by atoms with van der Waals surface area (Å²) in [6.45, 7) is 2.01. The third-order valence-corrected chi connectivity index (χ3v) is 4.08. The van der Waals surface area contributed by atoms with Crippen LogP contribution < -0.4 is 5.32 Å². The summed E-state index contributed by atoms with van der Waals surface area (Å²) in [5.41, 5.74) is 2.58. The zero-order valence-corrected chi connectivity index (χ0v) is 14.0. The molecule has 0 fully saturated rings. The number of amides is 1. The molecule has 1 aromatic heterocycles. The quantitative estimate of drug-likeness (QED) is 0.713. The van der Waals surface area contributed by atoms with Gasteiger partial charge in [-0.3, -0.25) is 4.79 Å². The highest BCUT2D eigenvalue weighted by molar-refractivity contribution is 6.30. The lowest BCUT2D eigenvalue weighted by atomic mass is 10.1. The molecule has 1 unspecified atom stereocenters. The first-order valence-corrected chi connectivity index (χ1v) is 8.22. The lowest BCUT2D eigenvalue weighted by Gasteiger charge is -2.15. The van der Waals surface area contributed by atoms with Gasteiger partial charge < -0.3 is 10.3 Å². The van der Waals surface area contributed by atoms with E-state index in [1.807, 2.05) is 37.3 Å². The summed E-state index contributed by atoms with van der Waals surface area (Å²) in [6, 6.07) is 16.6. The molecular formula is C19H18ClN3O. The van der Waals surface area contributed by atoms with Crippen LogP contribution >= 0.6 is 11.6 Å². The number of carbonyl (C=O) groups is 1. The fourth-order valence-electron chi connectivity index (χ4n) is 2.48. The van der Waals surface area contributed by atoms with Crippen molar-refractivity contribution < 1.29 is 4.79 Å². The van der Waals surface area contributed by atoms with Crippen LogP contribution in [0.3, 0.4) is 0 Å². The van der Waals surface area contributed by atoms with E-state index < -0.39 is 0 Å². The van der Waals surface area contributed by atoms with Crippen LogP contribution in [-0.2, 0) is 0 Å². The number of nitrogens with zero attached hydrogens (tertiary/aromatic N) is 1. The van der Waals surface area contributed by atoms with Crippen LogP contribution in [0, 0.1) is 0 Å². The van der Waals surface area contributed by atoms with Crippen molar-refractivity contribution >= 4 is 17.5 Å². The van der Waals surface area contributed by atoms with Gasteiger partial charge in [-0.2, -0.15) is 0 Å². The molecule has 5 heteroatoms. The lowest BCUT2D eigenvalue weighted by molar-refractivity contribution is 0.0934. The molecule has 4 nitrogen and oxygen atoms in total. The van der Waals surface area contributed by atoms with E-state index in [0.717, 1.165) is 23.5 Å². The van der Waals surface area contributed by atoms with Gasteiger partial charge in [0.1, 0.15) is 5.82 Å². The van der Waals surface area contributed by atoms with E-state index in [4.69, 9.17) is 11.6 Å². The first kappa shape index (κ1) is 16.3. The van der Waals surface area contributed by atoms with E-state index in [1.54, 1.807) is 30.5 Å². The molecule has 24 heavy (non-hydrogen) atoms. The SMILES string of the molecule is CCC(NC(=O)c1ccc(Cl)cc1)c1ncc(-c2ccccc2)[nH]1. The average Bonchev–Trinajstić information content (AvgIpc) is 3.11. The fraction of sp³-hybridized carbons (Fsp3) is 0.158. The molecule has 1 atom stereocenters. The summed E-state index contributed by atoms with van der Waals surface area (Å²) in [7, 11) is 0. The Morgan fingerprint density at radius 2 is 1.88 bits per heavy atom. The van der Waals surface area contributed by atoms with Crippen LogP contribution in [0.2, 0.25) is 5.02 Å². The van der Waals surface area contributed by atoms with Gasteiger partial charge >= 0.3 is 0 Å². The van der Waals surface area contributed by atoms with Crippen molar-refractivity contribution in [3.63, 3.8) is 0 Å². The van der Waals surface area contributed by atoms with Gasteiger partial charge in [-0.1, -0.05) is 48.9 Å². The zero-order valence-electron chi connectivity index (χ0n) is 13.3. The maximum absolute atomic E-state index is 12.4. The molecule has 0 bridgehead atoms. The summed E-state index contributed by atoms with van der Waals surface area (Å²) in [5, 5.41) is 3.62. The second-order valence-corrected chi connectivity index (χ2v) is 5.93. The normalized spacial score (nSPS) is 11.9. The predicted molar refractivity (Wildman–Crippen MR) is 96.0 cm³/mol. The molecule has 1 heterocycles. The molecule has 3 rings (SSSR count). The maximum Gasteiger partial charge on any atom is 0.251 e. The number of imidazole rings is 1. The number of nitrogens with one attached hydrogen (secondary N) is 2. The van der Waals surface area contributed by atoms with Crippen LogP contribution in [0.5, 0.6) is 0 Å². The van der Waals surface area contributed by atoms with Crippen molar-refractivity contribution in [2.75, 3.05) is 0 Å². The van der Waals surface area contributed by atoms with E-state index in [9.17, 15) is 4.79 Å². The minimum absolute atomic E-state index is 0.142. The van der Waals surface area contributed by atoms with Crippen LogP contribution in [0.15, 0.2) is 60.8 Å². The molecule has 0 spiro atoms. The molecule has 2 aromatic carbocycles. The molecule has 0 saturated carbocycles. The topological polar surface area (TPSA) is 57.8 Å². The highest BCUT2D eigenvalue weighted by atomic mass is 35.5. The van der Waals surface area contributed by atoms with Gasteiger partial charge in [0.05, 0.1) is 17.9 Å². The van der Waals surface area contributed by atoms with Gasteiger partial charge in [0.15, 0.2) is 0 Å². The summed E-state index contributed by atoms with van der Waals surface area (Å²) in [5.74, 6) is 0.606. The van der Waals surface area contributed by atoms with Crippen LogP contribution in [0.25, 0.3) is 11.3 Å². The fourth-order valence-corrected chi connectivity index (χ4v) is 2.61. The number of aromatic amines is 1. The summed E-state index contributed by atoms with van der Waals surface area (Å²) >= 11 is 5.86. The minimum Gasteiger partial charge on any atom is -0.342 e. The number of aromatic nitrogens is 2. The minimum atomic E-state index is -0.175. The average molecular weight is 340 g/mol. The number of hydrogen-bond acceptors (Lipinski definition) is 2. The number of benzene rings is 2. The Bertz CT molecular complexity index is 812. The predicted octanol–water partition coefficient (Wildman–Crippen LogP) is 4.61. The van der Waals surface area contributed by atoms with Crippen molar-refractivity contribution in [1.82, 2.24) is 15.3 Å². The van der Waals surface area contributed by atoms with E-state index in [1.165, 1.54) is 0 Å². The van der Waals surface area contributed by atoms with Crippen molar-refractivity contribution in [3.05, 3.63) is 77.2 Å². The van der Waals surface area contributed by atoms with Crippen LogP contribution in [0.1, 0.15) is 35.6 Å². The van der Waals surface area contributed by atoms with E-state index >= 15 is 0 Å². The number of rotatable bonds is 5. The third kappa shape index (κ3) is 3.66. The Morgan fingerprint density at radius 1 is 1.17 bits per heavy atom. The highest BCUT2D eigenvalue weighted by Crippen LogP contribution is 2.21. The van der Waals surface area contributed by atoms with Crippen molar-refractivity contribution in [1.29, 1.82) is 0 Å². The molecule has 0 aliphatic heterocycles. The lowest BCUT2D eigenvalue weighted by Crippen LogP contribution is -2.28. The Labute approximate surface area is 145 Å². The Kier molecular flexibility index (Phi) is 4.96. The van der Waals surface area contributed by atoms with E-state index in [-0.39, 0.29) is 11.9 Å². The molecule has 0 aliphatic carbocycles. The molecule has 0 saturated heterocycles. The van der Waals surface area contributed by atoms with Crippen molar-refractivity contribution in [2.45, 2.75) is 19.4 Å². The summed E-state index contributed by atoms with van der Waals surface area (Å²) < 4.78 is 0. The molecule has 0 radical (unpaired) electrons. The number of halogens is 1. The summed E-state index contributed by atoms with van der Waals surface area (Å²) in [4.78, 5) is 20.1. The smallest absolute Gasteiger partial charge is 0.251 e. The molecule has 122 valence electrons. The number of carbonyl (C=O) groups excluding carboxylic acids is 1. The monoisotopic (exact) mass is 339 g/mol. The molecule has 0 aliphatic rings. The van der Waals surface area contributed by atoms with Gasteiger partial charge in [0.25, 0.3) is 5.91 Å². The molecule has 3 aromatic rings. The molecule has 1 amide bonds. The van der Waals surface area contributed by atoms with E-state index in [2.05, 4.69) is 15.3 Å². The highest BCUT2D eigenvalue weighted by Gasteiger charge is 2.17. The van der Waals surface area contributed by atoms with Gasteiger partial charge in [-0.05, 0) is 36.2 Å².